The SMILES string of the molecule is CC(=O)Nc1nc(-c2ccc(C)cc2)c(CN(C)C)s1. The number of hydrogen-bond acceptors (Lipinski definition) is 4. The number of hydrogen-bond donors (Lipinski definition) is 1. The third kappa shape index (κ3) is 3.65. The number of aryl methyl sites for hydroxylation is 1. The van der Waals surface area contributed by atoms with E-state index in [1.54, 1.807) is 0 Å². The highest BCUT2D eigenvalue weighted by Gasteiger charge is 2.14. The van der Waals surface area contributed by atoms with Crippen molar-refractivity contribution in [2.75, 3.05) is 19.4 Å². The second-order valence-electron chi connectivity index (χ2n) is 5.08. The molecule has 0 spiro atoms. The maximum atomic E-state index is 11.2. The summed E-state index contributed by atoms with van der Waals surface area (Å²) in [5, 5.41) is 3.43. The summed E-state index contributed by atoms with van der Waals surface area (Å²) in [7, 11) is 4.05. The summed E-state index contributed by atoms with van der Waals surface area (Å²) in [5.41, 5.74) is 3.26. The average Bonchev–Trinajstić information content (AvgIpc) is 2.71. The molecule has 1 N–H and O–H groups in total. The Balaban J connectivity index is 2.40. The smallest absolute Gasteiger partial charge is 0.223 e. The zero-order chi connectivity index (χ0) is 14.7. The molecule has 0 unspecified atom stereocenters. The monoisotopic (exact) mass is 289 g/mol. The summed E-state index contributed by atoms with van der Waals surface area (Å²) in [6.45, 7) is 4.37. The molecule has 1 heterocycles. The van der Waals surface area contributed by atoms with E-state index in [1.165, 1.54) is 23.8 Å². The largest absolute Gasteiger partial charge is 0.304 e. The molecule has 1 aromatic heterocycles. The van der Waals surface area contributed by atoms with Gasteiger partial charge in [-0.05, 0) is 21.0 Å². The van der Waals surface area contributed by atoms with E-state index in [0.717, 1.165) is 22.7 Å². The molecule has 1 aromatic carbocycles. The molecule has 20 heavy (non-hydrogen) atoms. The van der Waals surface area contributed by atoms with E-state index in [4.69, 9.17) is 0 Å². The van der Waals surface area contributed by atoms with Crippen LogP contribution in [0.25, 0.3) is 11.3 Å². The van der Waals surface area contributed by atoms with Crippen molar-refractivity contribution in [3.05, 3.63) is 34.7 Å². The van der Waals surface area contributed by atoms with Crippen LogP contribution in [-0.4, -0.2) is 29.9 Å². The van der Waals surface area contributed by atoms with E-state index in [2.05, 4.69) is 46.4 Å². The van der Waals surface area contributed by atoms with Crippen LogP contribution in [-0.2, 0) is 11.3 Å². The molecule has 5 heteroatoms. The maximum absolute atomic E-state index is 11.2. The van der Waals surface area contributed by atoms with Crippen molar-refractivity contribution in [2.24, 2.45) is 0 Å². The van der Waals surface area contributed by atoms with E-state index in [9.17, 15) is 4.79 Å². The van der Waals surface area contributed by atoms with Crippen LogP contribution in [0.2, 0.25) is 0 Å². The number of nitrogens with one attached hydrogen (secondary N) is 1. The fraction of sp³-hybridized carbons (Fsp3) is 0.333. The number of anilines is 1. The van der Waals surface area contributed by atoms with Gasteiger partial charge in [0.05, 0.1) is 5.69 Å². The molecule has 0 aliphatic rings. The molecule has 0 saturated heterocycles. The highest BCUT2D eigenvalue weighted by molar-refractivity contribution is 7.16. The van der Waals surface area contributed by atoms with Crippen LogP contribution in [0.4, 0.5) is 5.13 Å². The number of rotatable bonds is 4. The van der Waals surface area contributed by atoms with Gasteiger partial charge in [0, 0.05) is 23.9 Å². The third-order valence-electron chi connectivity index (χ3n) is 2.77. The van der Waals surface area contributed by atoms with Crippen molar-refractivity contribution >= 4 is 22.4 Å². The number of aromatic nitrogens is 1. The Morgan fingerprint density at radius 3 is 2.50 bits per heavy atom. The van der Waals surface area contributed by atoms with E-state index in [1.807, 2.05) is 14.1 Å². The molecule has 4 nitrogen and oxygen atoms in total. The Morgan fingerprint density at radius 2 is 1.95 bits per heavy atom. The minimum absolute atomic E-state index is 0.0920. The predicted molar refractivity (Wildman–Crippen MR) is 84.0 cm³/mol. The first-order chi connectivity index (χ1) is 9.45. The summed E-state index contributed by atoms with van der Waals surface area (Å²) in [5.74, 6) is -0.0920. The standard InChI is InChI=1S/C15H19N3OS/c1-10-5-7-12(8-6-10)14-13(9-18(3)4)20-15(17-14)16-11(2)19/h5-8H,9H2,1-4H3,(H,16,17,19). The number of nitrogens with zero attached hydrogens (tertiary/aromatic N) is 2. The van der Waals surface area contributed by atoms with Crippen molar-refractivity contribution in [1.82, 2.24) is 9.88 Å². The molecule has 0 bridgehead atoms. The summed E-state index contributed by atoms with van der Waals surface area (Å²) in [4.78, 5) is 19.0. The van der Waals surface area contributed by atoms with Crippen LogP contribution in [0, 0.1) is 6.92 Å². The Morgan fingerprint density at radius 1 is 1.30 bits per heavy atom. The van der Waals surface area contributed by atoms with Gasteiger partial charge in [-0.25, -0.2) is 4.98 Å². The summed E-state index contributed by atoms with van der Waals surface area (Å²) >= 11 is 1.53. The first-order valence-electron chi connectivity index (χ1n) is 6.45. The summed E-state index contributed by atoms with van der Waals surface area (Å²) in [6, 6.07) is 8.29. The van der Waals surface area contributed by atoms with Gasteiger partial charge in [0.25, 0.3) is 0 Å². The van der Waals surface area contributed by atoms with Crippen LogP contribution in [0.3, 0.4) is 0 Å². The second kappa shape index (κ2) is 6.15. The van der Waals surface area contributed by atoms with E-state index < -0.39 is 0 Å². The van der Waals surface area contributed by atoms with Crippen LogP contribution in [0.5, 0.6) is 0 Å². The Kier molecular flexibility index (Phi) is 4.52. The molecular weight excluding hydrogens is 270 g/mol. The van der Waals surface area contributed by atoms with Gasteiger partial charge in [-0.1, -0.05) is 41.2 Å². The minimum Gasteiger partial charge on any atom is -0.304 e. The second-order valence-corrected chi connectivity index (χ2v) is 6.16. The van der Waals surface area contributed by atoms with Crippen molar-refractivity contribution in [3.63, 3.8) is 0 Å². The lowest BCUT2D eigenvalue weighted by atomic mass is 10.1. The van der Waals surface area contributed by atoms with Gasteiger partial charge in [0.15, 0.2) is 5.13 Å². The molecule has 0 aliphatic heterocycles. The van der Waals surface area contributed by atoms with E-state index in [-0.39, 0.29) is 5.91 Å². The highest BCUT2D eigenvalue weighted by atomic mass is 32.1. The summed E-state index contributed by atoms with van der Waals surface area (Å²) < 4.78 is 0. The average molecular weight is 289 g/mol. The van der Waals surface area contributed by atoms with Crippen molar-refractivity contribution in [1.29, 1.82) is 0 Å². The molecular formula is C15H19N3OS. The molecule has 2 aromatic rings. The Hall–Kier alpha value is -1.72. The fourth-order valence-corrected chi connectivity index (χ4v) is 3.04. The third-order valence-corrected chi connectivity index (χ3v) is 3.72. The van der Waals surface area contributed by atoms with Gasteiger partial charge in [-0.15, -0.1) is 0 Å². The van der Waals surface area contributed by atoms with Crippen molar-refractivity contribution in [3.8, 4) is 11.3 Å². The maximum Gasteiger partial charge on any atom is 0.223 e. The minimum atomic E-state index is -0.0920. The van der Waals surface area contributed by atoms with Gasteiger partial charge >= 0.3 is 0 Å². The Bertz CT molecular complexity index is 602. The lowest BCUT2D eigenvalue weighted by Crippen LogP contribution is -2.10. The number of carbonyl (C=O) groups is 1. The molecule has 0 atom stereocenters. The van der Waals surface area contributed by atoms with Crippen LogP contribution in [0.1, 0.15) is 17.4 Å². The summed E-state index contributed by atoms with van der Waals surface area (Å²) in [6.07, 6.45) is 0. The lowest BCUT2D eigenvalue weighted by Gasteiger charge is -2.09. The molecule has 0 radical (unpaired) electrons. The fourth-order valence-electron chi connectivity index (χ4n) is 1.89. The van der Waals surface area contributed by atoms with Gasteiger partial charge in [-0.2, -0.15) is 0 Å². The molecule has 1 amide bonds. The zero-order valence-corrected chi connectivity index (χ0v) is 13.0. The molecule has 2 rings (SSSR count). The number of amides is 1. The Labute approximate surface area is 123 Å². The molecule has 106 valence electrons. The molecule has 0 aliphatic carbocycles. The number of benzene rings is 1. The van der Waals surface area contributed by atoms with E-state index in [0.29, 0.717) is 5.13 Å². The van der Waals surface area contributed by atoms with Crippen molar-refractivity contribution < 1.29 is 4.79 Å². The topological polar surface area (TPSA) is 45.2 Å². The van der Waals surface area contributed by atoms with Gasteiger partial charge in [0.1, 0.15) is 0 Å². The van der Waals surface area contributed by atoms with Crippen LogP contribution < -0.4 is 5.32 Å². The highest BCUT2D eigenvalue weighted by Crippen LogP contribution is 2.32. The van der Waals surface area contributed by atoms with Crippen LogP contribution in [0.15, 0.2) is 24.3 Å². The number of thiazole rings is 1. The first kappa shape index (κ1) is 14.7. The van der Waals surface area contributed by atoms with Gasteiger partial charge in [-0.3, -0.25) is 4.79 Å². The zero-order valence-electron chi connectivity index (χ0n) is 12.2. The van der Waals surface area contributed by atoms with Crippen LogP contribution >= 0.6 is 11.3 Å². The normalized spacial score (nSPS) is 10.8. The molecule has 0 fully saturated rings. The molecule has 0 saturated carbocycles. The van der Waals surface area contributed by atoms with E-state index >= 15 is 0 Å². The van der Waals surface area contributed by atoms with Gasteiger partial charge in [0.2, 0.25) is 5.91 Å². The quantitative estimate of drug-likeness (QED) is 0.940. The first-order valence-corrected chi connectivity index (χ1v) is 7.26. The predicted octanol–water partition coefficient (Wildman–Crippen LogP) is 3.14. The lowest BCUT2D eigenvalue weighted by molar-refractivity contribution is -0.114. The van der Waals surface area contributed by atoms with Gasteiger partial charge < -0.3 is 10.2 Å². The number of carbonyl (C=O) groups excluding carboxylic acids is 1. The van der Waals surface area contributed by atoms with Crippen molar-refractivity contribution in [2.45, 2.75) is 20.4 Å².